The predicted molar refractivity (Wildman–Crippen MR) is 112 cm³/mol. The fourth-order valence-electron chi connectivity index (χ4n) is 3.28. The Hall–Kier alpha value is -3.01. The summed E-state index contributed by atoms with van der Waals surface area (Å²) in [4.78, 5) is 24.6. The molecule has 1 N–H and O–H groups in total. The molecule has 0 atom stereocenters. The summed E-state index contributed by atoms with van der Waals surface area (Å²) in [5.74, 6) is -0.534. The Kier molecular flexibility index (Phi) is 5.42. The minimum Gasteiger partial charge on any atom is -0.496 e. The van der Waals surface area contributed by atoms with E-state index < -0.39 is 21.8 Å². The Balaban J connectivity index is 1.75. The molecular weight excluding hydrogens is 424 g/mol. The summed E-state index contributed by atoms with van der Waals surface area (Å²) in [6, 6.07) is 14.9. The Bertz CT molecular complexity index is 1220. The van der Waals surface area contributed by atoms with Crippen LogP contribution in [0.4, 0.5) is 0 Å². The Morgan fingerprint density at radius 1 is 0.967 bits per heavy atom. The minimum absolute atomic E-state index is 0.0439. The maximum Gasteiger partial charge on any atom is 0.258 e. The van der Waals surface area contributed by atoms with E-state index >= 15 is 0 Å². The quantitative estimate of drug-likeness (QED) is 0.568. The number of sulfonamides is 1. The van der Waals surface area contributed by atoms with Gasteiger partial charge in [0, 0.05) is 23.5 Å². The van der Waals surface area contributed by atoms with Gasteiger partial charge in [0.05, 0.1) is 23.1 Å². The van der Waals surface area contributed by atoms with Crippen molar-refractivity contribution in [2.75, 3.05) is 7.11 Å². The summed E-state index contributed by atoms with van der Waals surface area (Å²) in [5, 5.41) is 4.06. The molecule has 1 aliphatic heterocycles. The highest BCUT2D eigenvalue weighted by Crippen LogP contribution is 2.28. The molecule has 0 bridgehead atoms. The molecule has 0 saturated carbocycles. The molecule has 2 heterocycles. The van der Waals surface area contributed by atoms with E-state index in [4.69, 9.17) is 4.74 Å². The number of methoxy groups -OCH3 is 1. The zero-order valence-electron chi connectivity index (χ0n) is 16.0. The third kappa shape index (κ3) is 3.74. The van der Waals surface area contributed by atoms with Gasteiger partial charge in [-0.25, -0.2) is 8.42 Å². The van der Waals surface area contributed by atoms with Crippen LogP contribution >= 0.6 is 11.3 Å². The molecule has 7 nitrogen and oxygen atoms in total. The number of carbonyl (C=O) groups is 2. The number of hydrogen-bond acceptors (Lipinski definition) is 6. The zero-order chi connectivity index (χ0) is 21.3. The lowest BCUT2D eigenvalue weighted by Crippen LogP contribution is -2.30. The van der Waals surface area contributed by atoms with E-state index in [9.17, 15) is 18.0 Å². The van der Waals surface area contributed by atoms with Crippen molar-refractivity contribution >= 4 is 33.2 Å². The molecule has 1 aliphatic rings. The lowest BCUT2D eigenvalue weighted by Gasteiger charge is -2.23. The molecule has 0 radical (unpaired) electrons. The number of amides is 2. The highest BCUT2D eigenvalue weighted by Gasteiger charge is 2.31. The largest absolute Gasteiger partial charge is 0.496 e. The third-order valence-electron chi connectivity index (χ3n) is 4.80. The molecule has 0 fully saturated rings. The summed E-state index contributed by atoms with van der Waals surface area (Å²) in [7, 11) is -2.43. The smallest absolute Gasteiger partial charge is 0.258 e. The van der Waals surface area contributed by atoms with Gasteiger partial charge in [-0.05, 0) is 35.7 Å². The number of nitrogens with zero attached hydrogens (tertiary/aromatic N) is 1. The average Bonchev–Trinajstić information content (AvgIpc) is 3.35. The first-order valence-electron chi connectivity index (χ1n) is 9.04. The van der Waals surface area contributed by atoms with E-state index in [-0.39, 0.29) is 29.1 Å². The second-order valence-electron chi connectivity index (χ2n) is 6.65. The molecule has 2 aromatic carbocycles. The van der Waals surface area contributed by atoms with E-state index in [1.165, 1.54) is 41.0 Å². The van der Waals surface area contributed by atoms with Crippen LogP contribution in [0.1, 0.15) is 31.2 Å². The average molecular weight is 443 g/mol. The number of hydrogen-bond donors (Lipinski definition) is 1. The molecular formula is C21H18N2O5S2. The van der Waals surface area contributed by atoms with Crippen LogP contribution in [-0.2, 0) is 23.1 Å². The number of carbonyl (C=O) groups excluding carboxylic acids is 2. The minimum atomic E-state index is -3.97. The van der Waals surface area contributed by atoms with Crippen molar-refractivity contribution in [3.05, 3.63) is 81.5 Å². The number of rotatable bonds is 7. The first-order chi connectivity index (χ1) is 14.4. The topological polar surface area (TPSA) is 92.8 Å². The lowest BCUT2D eigenvalue weighted by molar-refractivity contribution is 0.0879. The molecule has 0 saturated heterocycles. The van der Waals surface area contributed by atoms with E-state index in [0.717, 1.165) is 4.88 Å². The van der Waals surface area contributed by atoms with Crippen LogP contribution in [0, 0.1) is 0 Å². The normalized spacial score (nSPS) is 13.4. The van der Waals surface area contributed by atoms with Crippen molar-refractivity contribution in [1.29, 1.82) is 0 Å². The summed E-state index contributed by atoms with van der Waals surface area (Å²) in [6.45, 7) is 0.257. The fraction of sp³-hybridized carbons (Fsp3) is 0.143. The Labute approximate surface area is 178 Å². The predicted octanol–water partition coefficient (Wildman–Crippen LogP) is 3.03. The van der Waals surface area contributed by atoms with E-state index in [0.29, 0.717) is 11.3 Å². The zero-order valence-corrected chi connectivity index (χ0v) is 17.6. The number of imide groups is 1. The van der Waals surface area contributed by atoms with Gasteiger partial charge in [-0.2, -0.15) is 4.31 Å². The van der Waals surface area contributed by atoms with E-state index in [2.05, 4.69) is 5.32 Å². The first kappa shape index (κ1) is 20.3. The molecule has 3 aromatic rings. The number of para-hydroxylation sites is 1. The molecule has 2 amide bonds. The molecule has 0 spiro atoms. The standard InChI is InChI=1S/C21H18N2O5S2/c1-28-19-7-3-2-5-14(19)12-23(13-15-6-4-10-29-15)30(26,27)16-8-9-17-18(11-16)21(25)22-20(17)24/h2-11H,12-13H2,1H3,(H,22,24,25). The van der Waals surface area contributed by atoms with Gasteiger partial charge in [0.1, 0.15) is 5.75 Å². The van der Waals surface area contributed by atoms with Crippen molar-refractivity contribution in [3.8, 4) is 5.75 Å². The van der Waals surface area contributed by atoms with Crippen molar-refractivity contribution in [3.63, 3.8) is 0 Å². The summed E-state index contributed by atoms with van der Waals surface area (Å²) < 4.78 is 33.8. The van der Waals surface area contributed by atoms with Gasteiger partial charge in [0.15, 0.2) is 0 Å². The van der Waals surface area contributed by atoms with Crippen LogP contribution in [0.3, 0.4) is 0 Å². The maximum atomic E-state index is 13.5. The number of nitrogens with one attached hydrogen (secondary N) is 1. The van der Waals surface area contributed by atoms with E-state index in [1.54, 1.807) is 6.07 Å². The van der Waals surface area contributed by atoms with Gasteiger partial charge in [0.2, 0.25) is 10.0 Å². The van der Waals surface area contributed by atoms with Crippen molar-refractivity contribution < 1.29 is 22.7 Å². The summed E-state index contributed by atoms with van der Waals surface area (Å²) in [5.41, 5.74) is 0.956. The molecule has 30 heavy (non-hydrogen) atoms. The molecule has 1 aromatic heterocycles. The molecule has 154 valence electrons. The number of ether oxygens (including phenoxy) is 1. The molecule has 4 rings (SSSR count). The number of thiophene rings is 1. The maximum absolute atomic E-state index is 13.5. The number of benzene rings is 2. The highest BCUT2D eigenvalue weighted by atomic mass is 32.2. The van der Waals surface area contributed by atoms with Crippen LogP contribution in [0.25, 0.3) is 0 Å². The van der Waals surface area contributed by atoms with Gasteiger partial charge in [0.25, 0.3) is 11.8 Å². The van der Waals surface area contributed by atoms with Gasteiger partial charge in [-0.1, -0.05) is 24.3 Å². The Morgan fingerprint density at radius 3 is 2.47 bits per heavy atom. The van der Waals surface area contributed by atoms with Gasteiger partial charge in [-0.3, -0.25) is 14.9 Å². The second-order valence-corrected chi connectivity index (χ2v) is 9.63. The SMILES string of the molecule is COc1ccccc1CN(Cc1cccs1)S(=O)(=O)c1ccc2c(c1)C(=O)NC2=O. The monoisotopic (exact) mass is 442 g/mol. The van der Waals surface area contributed by atoms with Crippen molar-refractivity contribution in [2.45, 2.75) is 18.0 Å². The number of fused-ring (bicyclic) bond motifs is 1. The van der Waals surface area contributed by atoms with Crippen LogP contribution in [0.2, 0.25) is 0 Å². The third-order valence-corrected chi connectivity index (χ3v) is 7.45. The second kappa shape index (κ2) is 8.02. The van der Waals surface area contributed by atoms with Crippen LogP contribution < -0.4 is 10.1 Å². The Morgan fingerprint density at radius 2 is 1.73 bits per heavy atom. The summed E-state index contributed by atoms with van der Waals surface area (Å²) in [6.07, 6.45) is 0. The van der Waals surface area contributed by atoms with Gasteiger partial charge in [-0.15, -0.1) is 11.3 Å². The lowest BCUT2D eigenvalue weighted by atomic mass is 10.1. The first-order valence-corrected chi connectivity index (χ1v) is 11.4. The molecule has 0 aliphatic carbocycles. The van der Waals surface area contributed by atoms with E-state index in [1.807, 2.05) is 35.7 Å². The van der Waals surface area contributed by atoms with Crippen LogP contribution in [0.15, 0.2) is 64.9 Å². The molecule has 0 unspecified atom stereocenters. The van der Waals surface area contributed by atoms with Gasteiger partial charge >= 0.3 is 0 Å². The van der Waals surface area contributed by atoms with Gasteiger partial charge < -0.3 is 4.74 Å². The van der Waals surface area contributed by atoms with Crippen LogP contribution in [0.5, 0.6) is 5.75 Å². The summed E-state index contributed by atoms with van der Waals surface area (Å²) >= 11 is 1.46. The van der Waals surface area contributed by atoms with Crippen molar-refractivity contribution in [2.24, 2.45) is 0 Å². The molecule has 9 heteroatoms. The van der Waals surface area contributed by atoms with Crippen molar-refractivity contribution in [1.82, 2.24) is 9.62 Å². The fourth-order valence-corrected chi connectivity index (χ4v) is 5.51. The highest BCUT2D eigenvalue weighted by molar-refractivity contribution is 7.89. The van der Waals surface area contributed by atoms with Crippen LogP contribution in [-0.4, -0.2) is 31.6 Å².